The van der Waals surface area contributed by atoms with Gasteiger partial charge in [0.2, 0.25) is 0 Å². The molecule has 0 bridgehead atoms. The summed E-state index contributed by atoms with van der Waals surface area (Å²) >= 11 is 12.9. The fourth-order valence-electron chi connectivity index (χ4n) is 1.94. The number of rotatable bonds is 8. The first-order valence-corrected chi connectivity index (χ1v) is 10.2. The Morgan fingerprint density at radius 1 is 1.26 bits per heavy atom. The molecular formula is C19H19Br2ClN2O3. The zero-order valence-electron chi connectivity index (χ0n) is 14.8. The van der Waals surface area contributed by atoms with Crippen molar-refractivity contribution in [2.75, 3.05) is 6.61 Å². The van der Waals surface area contributed by atoms with Crippen LogP contribution in [0.15, 0.2) is 50.4 Å². The minimum absolute atomic E-state index is 0.0899. The van der Waals surface area contributed by atoms with Gasteiger partial charge in [-0.25, -0.2) is 5.43 Å². The van der Waals surface area contributed by atoms with Gasteiger partial charge in [-0.05, 0) is 71.2 Å². The Morgan fingerprint density at radius 2 is 2.00 bits per heavy atom. The van der Waals surface area contributed by atoms with Crippen LogP contribution in [0.4, 0.5) is 0 Å². The molecule has 8 heteroatoms. The van der Waals surface area contributed by atoms with E-state index in [-0.39, 0.29) is 18.6 Å². The summed E-state index contributed by atoms with van der Waals surface area (Å²) in [4.78, 5) is 11.8. The number of hydrogen-bond acceptors (Lipinski definition) is 4. The molecule has 0 aliphatic heterocycles. The van der Waals surface area contributed by atoms with Gasteiger partial charge in [-0.15, -0.1) is 0 Å². The number of carbonyl (C=O) groups is 1. The monoisotopic (exact) mass is 516 g/mol. The van der Waals surface area contributed by atoms with Gasteiger partial charge in [-0.2, -0.15) is 5.10 Å². The molecule has 0 radical (unpaired) electrons. The highest BCUT2D eigenvalue weighted by atomic mass is 79.9. The van der Waals surface area contributed by atoms with Gasteiger partial charge in [-0.1, -0.05) is 34.5 Å². The van der Waals surface area contributed by atoms with E-state index in [1.807, 2.05) is 32.0 Å². The highest BCUT2D eigenvalue weighted by Crippen LogP contribution is 2.28. The van der Waals surface area contributed by atoms with Gasteiger partial charge in [0.05, 0.1) is 21.8 Å². The molecule has 0 spiro atoms. The van der Waals surface area contributed by atoms with Crippen molar-refractivity contribution in [3.05, 3.63) is 55.9 Å². The molecule has 1 amide bonds. The summed E-state index contributed by atoms with van der Waals surface area (Å²) in [7, 11) is 0. The van der Waals surface area contributed by atoms with E-state index in [1.54, 1.807) is 18.2 Å². The molecular weight excluding hydrogens is 499 g/mol. The van der Waals surface area contributed by atoms with Crippen LogP contribution < -0.4 is 14.9 Å². The minimum Gasteiger partial charge on any atom is -0.489 e. The van der Waals surface area contributed by atoms with Gasteiger partial charge in [0.15, 0.2) is 6.61 Å². The zero-order valence-corrected chi connectivity index (χ0v) is 18.8. The molecule has 5 nitrogen and oxygen atoms in total. The third-order valence-corrected chi connectivity index (χ3v) is 4.92. The molecule has 0 fully saturated rings. The summed E-state index contributed by atoms with van der Waals surface area (Å²) in [5.41, 5.74) is 3.16. The number of benzene rings is 2. The highest BCUT2D eigenvalue weighted by Gasteiger charge is 2.07. The predicted octanol–water partition coefficient (Wildman–Crippen LogP) is 5.57. The third-order valence-electron chi connectivity index (χ3n) is 3.51. The Bertz CT molecular complexity index is 831. The van der Waals surface area contributed by atoms with Crippen LogP contribution in [0.1, 0.15) is 25.8 Å². The number of ether oxygens (including phenoxy) is 2. The van der Waals surface area contributed by atoms with Crippen LogP contribution in [0, 0.1) is 0 Å². The molecule has 0 unspecified atom stereocenters. The SMILES string of the molecule is CC[C@H](C)Oc1ccc(/C=N/NC(=O)COc2ccc(Br)cc2Br)cc1Cl. The second-order valence-electron chi connectivity index (χ2n) is 5.68. The molecule has 144 valence electrons. The lowest BCUT2D eigenvalue weighted by Gasteiger charge is -2.13. The van der Waals surface area contributed by atoms with Crippen LogP contribution in [0.2, 0.25) is 5.02 Å². The first kappa shape index (κ1) is 21.7. The Labute approximate surface area is 180 Å². The Kier molecular flexibility index (Phi) is 8.60. The van der Waals surface area contributed by atoms with Crippen molar-refractivity contribution < 1.29 is 14.3 Å². The lowest BCUT2D eigenvalue weighted by molar-refractivity contribution is -0.123. The van der Waals surface area contributed by atoms with Crippen LogP contribution in [-0.2, 0) is 4.79 Å². The van der Waals surface area contributed by atoms with Gasteiger partial charge in [-0.3, -0.25) is 4.79 Å². The molecule has 2 rings (SSSR count). The highest BCUT2D eigenvalue weighted by molar-refractivity contribution is 9.11. The lowest BCUT2D eigenvalue weighted by Crippen LogP contribution is -2.24. The second-order valence-corrected chi connectivity index (χ2v) is 7.86. The van der Waals surface area contributed by atoms with Crippen molar-refractivity contribution in [2.24, 2.45) is 5.10 Å². The number of nitrogens with zero attached hydrogens (tertiary/aromatic N) is 1. The fraction of sp³-hybridized carbons (Fsp3) is 0.263. The standard InChI is InChI=1S/C19H19Br2ClN2O3/c1-3-12(2)27-18-6-4-13(8-16(18)22)10-23-24-19(25)11-26-17-7-5-14(20)9-15(17)21/h4-10,12H,3,11H2,1-2H3,(H,24,25)/b23-10+/t12-/m0/s1. The first-order valence-electron chi connectivity index (χ1n) is 8.25. The van der Waals surface area contributed by atoms with Crippen molar-refractivity contribution in [3.63, 3.8) is 0 Å². The number of hydrogen-bond donors (Lipinski definition) is 1. The van der Waals surface area contributed by atoms with E-state index in [2.05, 4.69) is 42.4 Å². The number of nitrogens with one attached hydrogen (secondary N) is 1. The van der Waals surface area contributed by atoms with E-state index in [0.717, 1.165) is 20.9 Å². The summed E-state index contributed by atoms with van der Waals surface area (Å²) in [6.07, 6.45) is 2.49. The molecule has 2 aromatic rings. The van der Waals surface area contributed by atoms with E-state index < -0.39 is 0 Å². The average Bonchev–Trinajstić information content (AvgIpc) is 2.63. The van der Waals surface area contributed by atoms with Crippen molar-refractivity contribution in [3.8, 4) is 11.5 Å². The molecule has 2 aromatic carbocycles. The summed E-state index contributed by atoms with van der Waals surface area (Å²) in [6, 6.07) is 10.7. The number of halogens is 3. The molecule has 0 saturated carbocycles. The topological polar surface area (TPSA) is 59.9 Å². The number of carbonyl (C=O) groups excluding carboxylic acids is 1. The van der Waals surface area contributed by atoms with Gasteiger partial charge in [0.1, 0.15) is 11.5 Å². The van der Waals surface area contributed by atoms with Crippen molar-refractivity contribution >= 4 is 55.6 Å². The van der Waals surface area contributed by atoms with Crippen molar-refractivity contribution in [2.45, 2.75) is 26.4 Å². The molecule has 0 aromatic heterocycles. The predicted molar refractivity (Wildman–Crippen MR) is 115 cm³/mol. The minimum atomic E-state index is -0.371. The maximum atomic E-state index is 11.8. The maximum absolute atomic E-state index is 11.8. The quantitative estimate of drug-likeness (QED) is 0.367. The van der Waals surface area contributed by atoms with Crippen molar-refractivity contribution in [1.29, 1.82) is 0 Å². The number of hydrazone groups is 1. The normalized spacial score (nSPS) is 12.0. The van der Waals surface area contributed by atoms with Crippen LogP contribution in [0.5, 0.6) is 11.5 Å². The molecule has 1 atom stereocenters. The third kappa shape index (κ3) is 7.16. The molecule has 1 N–H and O–H groups in total. The van der Waals surface area contributed by atoms with Crippen LogP contribution in [0.3, 0.4) is 0 Å². The molecule has 0 heterocycles. The molecule has 27 heavy (non-hydrogen) atoms. The van der Waals surface area contributed by atoms with E-state index in [9.17, 15) is 4.79 Å². The van der Waals surface area contributed by atoms with Gasteiger partial charge in [0.25, 0.3) is 5.91 Å². The Morgan fingerprint density at radius 3 is 2.67 bits per heavy atom. The largest absolute Gasteiger partial charge is 0.489 e. The Balaban J connectivity index is 1.85. The van der Waals surface area contributed by atoms with Crippen LogP contribution in [-0.4, -0.2) is 24.8 Å². The summed E-state index contributed by atoms with van der Waals surface area (Å²) in [5.74, 6) is 0.825. The lowest BCUT2D eigenvalue weighted by atomic mass is 10.2. The van der Waals surface area contributed by atoms with E-state index >= 15 is 0 Å². The van der Waals surface area contributed by atoms with Crippen LogP contribution >= 0.6 is 43.5 Å². The summed E-state index contributed by atoms with van der Waals surface area (Å²) in [6.45, 7) is 3.87. The van der Waals surface area contributed by atoms with Gasteiger partial charge in [0, 0.05) is 4.47 Å². The van der Waals surface area contributed by atoms with Crippen LogP contribution in [0.25, 0.3) is 0 Å². The van der Waals surface area contributed by atoms with Crippen molar-refractivity contribution in [1.82, 2.24) is 5.43 Å². The molecule has 0 aliphatic rings. The van der Waals surface area contributed by atoms with Gasteiger partial charge < -0.3 is 9.47 Å². The average molecular weight is 519 g/mol. The van der Waals surface area contributed by atoms with Gasteiger partial charge >= 0.3 is 0 Å². The Hall–Kier alpha value is -1.57. The molecule has 0 aliphatic carbocycles. The van der Waals surface area contributed by atoms with E-state index in [0.29, 0.717) is 16.5 Å². The summed E-state index contributed by atoms with van der Waals surface area (Å²) in [5, 5.41) is 4.41. The fourth-order valence-corrected chi connectivity index (χ4v) is 3.33. The smallest absolute Gasteiger partial charge is 0.277 e. The molecule has 0 saturated heterocycles. The summed E-state index contributed by atoms with van der Waals surface area (Å²) < 4.78 is 12.8. The zero-order chi connectivity index (χ0) is 19.8. The second kappa shape index (κ2) is 10.7. The van der Waals surface area contributed by atoms with E-state index in [1.165, 1.54) is 6.21 Å². The maximum Gasteiger partial charge on any atom is 0.277 e. The van der Waals surface area contributed by atoms with E-state index in [4.69, 9.17) is 21.1 Å². The first-order chi connectivity index (χ1) is 12.9. The number of amides is 1.